The molecule has 4 nitrogen and oxygen atoms in total. The van der Waals surface area contributed by atoms with E-state index in [4.69, 9.17) is 5.11 Å². The van der Waals surface area contributed by atoms with E-state index in [1.54, 1.807) is 6.07 Å². The second-order valence-corrected chi connectivity index (χ2v) is 6.29. The van der Waals surface area contributed by atoms with Crippen molar-refractivity contribution in [2.45, 2.75) is 6.92 Å². The zero-order chi connectivity index (χ0) is 12.5. The van der Waals surface area contributed by atoms with Crippen LogP contribution in [0.2, 0.25) is 0 Å². The van der Waals surface area contributed by atoms with Crippen molar-refractivity contribution in [3.05, 3.63) is 22.3 Å². The van der Waals surface area contributed by atoms with Crippen LogP contribution in [0.25, 0.3) is 0 Å². The third-order valence-electron chi connectivity index (χ3n) is 1.68. The molecule has 8 heteroatoms. The van der Waals surface area contributed by atoms with Gasteiger partial charge in [-0.2, -0.15) is 0 Å². The standard InChI is InChI=1S/C9H6I3NO3.Na.H/c1-3(14)13-8-5(11)2-4(10)6(7(8)12)9(15)16;;/h2H,1H3,(H,13,14)(H,15,16);;. The first-order valence-electron chi connectivity index (χ1n) is 4.03. The molecule has 0 radical (unpaired) electrons. The van der Waals surface area contributed by atoms with Gasteiger partial charge in [0.2, 0.25) is 5.91 Å². The summed E-state index contributed by atoms with van der Waals surface area (Å²) in [5.41, 5.74) is 0.789. The van der Waals surface area contributed by atoms with Crippen LogP contribution in [0.3, 0.4) is 0 Å². The molecule has 0 unspecified atom stereocenters. The van der Waals surface area contributed by atoms with Gasteiger partial charge < -0.3 is 10.4 Å². The number of amides is 1. The van der Waals surface area contributed by atoms with Crippen molar-refractivity contribution < 1.29 is 14.7 Å². The molecule has 0 aliphatic carbocycles. The van der Waals surface area contributed by atoms with Gasteiger partial charge in [-0.15, -0.1) is 0 Å². The van der Waals surface area contributed by atoms with Crippen molar-refractivity contribution in [2.24, 2.45) is 0 Å². The van der Waals surface area contributed by atoms with E-state index < -0.39 is 5.97 Å². The van der Waals surface area contributed by atoms with Crippen molar-refractivity contribution in [3.63, 3.8) is 0 Å². The number of carbonyl (C=O) groups excluding carboxylic acids is 1. The van der Waals surface area contributed by atoms with Crippen molar-refractivity contribution >= 4 is 115 Å². The molecule has 0 atom stereocenters. The summed E-state index contributed by atoms with van der Waals surface area (Å²) in [4.78, 5) is 22.1. The number of hydrogen-bond acceptors (Lipinski definition) is 2. The Morgan fingerprint density at radius 2 is 1.76 bits per heavy atom. The fourth-order valence-electron chi connectivity index (χ4n) is 1.08. The molecular weight excluding hydrogens is 574 g/mol. The van der Waals surface area contributed by atoms with Crippen LogP contribution in [0.15, 0.2) is 6.07 Å². The number of carbonyl (C=O) groups is 2. The van der Waals surface area contributed by atoms with Gasteiger partial charge in [0.1, 0.15) is 0 Å². The maximum atomic E-state index is 11.1. The molecule has 17 heavy (non-hydrogen) atoms. The average Bonchev–Trinajstić information content (AvgIpc) is 2.10. The van der Waals surface area contributed by atoms with Gasteiger partial charge in [-0.05, 0) is 73.8 Å². The van der Waals surface area contributed by atoms with Crippen LogP contribution in [-0.4, -0.2) is 46.5 Å². The quantitative estimate of drug-likeness (QED) is 0.418. The summed E-state index contributed by atoms with van der Waals surface area (Å²) in [5.74, 6) is -1.20. The van der Waals surface area contributed by atoms with Gasteiger partial charge in [0.05, 0.1) is 14.8 Å². The third kappa shape index (κ3) is 4.75. The van der Waals surface area contributed by atoms with Gasteiger partial charge >= 0.3 is 35.5 Å². The minimum atomic E-state index is -0.989. The second-order valence-electron chi connectivity index (χ2n) is 2.89. The first-order valence-corrected chi connectivity index (χ1v) is 7.26. The van der Waals surface area contributed by atoms with Crippen LogP contribution in [0, 0.1) is 10.7 Å². The number of hydrogen-bond donors (Lipinski definition) is 2. The Hall–Kier alpha value is 1.35. The van der Waals surface area contributed by atoms with E-state index in [0.29, 0.717) is 12.8 Å². The van der Waals surface area contributed by atoms with Crippen LogP contribution in [0.4, 0.5) is 5.69 Å². The Morgan fingerprint density at radius 3 is 2.18 bits per heavy atom. The molecule has 2 N–H and O–H groups in total. The first kappa shape index (κ1) is 18.4. The third-order valence-corrected chi connectivity index (χ3v) is 4.47. The number of rotatable bonds is 2. The van der Waals surface area contributed by atoms with E-state index in [1.165, 1.54) is 6.92 Å². The van der Waals surface area contributed by atoms with E-state index in [0.717, 1.165) is 3.57 Å². The summed E-state index contributed by atoms with van der Waals surface area (Å²) >= 11 is 5.98. The molecule has 1 aromatic rings. The van der Waals surface area contributed by atoms with Gasteiger partial charge in [0.25, 0.3) is 0 Å². The number of benzene rings is 1. The molecule has 1 aromatic carbocycles. The van der Waals surface area contributed by atoms with Gasteiger partial charge in [0, 0.05) is 14.1 Å². The number of carboxylic acids is 1. The Bertz CT molecular complexity index is 479. The molecule has 0 aliphatic heterocycles. The Morgan fingerprint density at radius 1 is 1.24 bits per heavy atom. The van der Waals surface area contributed by atoms with E-state index in [-0.39, 0.29) is 41.0 Å². The monoisotopic (exact) mass is 581 g/mol. The molecule has 0 heterocycles. The minimum absolute atomic E-state index is 0. The Balaban J connectivity index is 0.00000256. The van der Waals surface area contributed by atoms with Crippen molar-refractivity contribution in [1.29, 1.82) is 0 Å². The fraction of sp³-hybridized carbons (Fsp3) is 0.111. The van der Waals surface area contributed by atoms with E-state index in [9.17, 15) is 9.59 Å². The molecule has 0 aliphatic rings. The predicted octanol–water partition coefficient (Wildman–Crippen LogP) is 2.51. The van der Waals surface area contributed by atoms with E-state index in [1.807, 2.05) is 45.2 Å². The Labute approximate surface area is 161 Å². The maximum absolute atomic E-state index is 11.1. The van der Waals surface area contributed by atoms with Gasteiger partial charge in [-0.3, -0.25) is 4.79 Å². The zero-order valence-electron chi connectivity index (χ0n) is 7.97. The van der Waals surface area contributed by atoms with Gasteiger partial charge in [0.15, 0.2) is 0 Å². The van der Waals surface area contributed by atoms with E-state index in [2.05, 4.69) is 27.9 Å². The molecule has 0 aromatic heterocycles. The molecular formula is C9H7I3NNaO3. The summed E-state index contributed by atoms with van der Waals surface area (Å²) in [5, 5.41) is 11.7. The summed E-state index contributed by atoms with van der Waals surface area (Å²) in [6.45, 7) is 1.39. The number of aromatic carboxylic acids is 1. The fourth-order valence-corrected chi connectivity index (χ4v) is 5.18. The number of carboxylic acid groups (broad SMARTS) is 1. The number of anilines is 1. The van der Waals surface area contributed by atoms with Crippen LogP contribution in [-0.2, 0) is 4.79 Å². The van der Waals surface area contributed by atoms with Crippen LogP contribution < -0.4 is 5.32 Å². The summed E-state index contributed by atoms with van der Waals surface area (Å²) in [6, 6.07) is 1.73. The second kappa shape index (κ2) is 7.82. The number of halogens is 3. The Kier molecular flexibility index (Phi) is 8.44. The van der Waals surface area contributed by atoms with Crippen LogP contribution >= 0.6 is 67.8 Å². The van der Waals surface area contributed by atoms with Crippen molar-refractivity contribution in [2.75, 3.05) is 5.32 Å². The molecule has 1 amide bonds. The molecule has 0 bridgehead atoms. The normalized spacial score (nSPS) is 9.41. The topological polar surface area (TPSA) is 66.4 Å². The van der Waals surface area contributed by atoms with Gasteiger partial charge in [-0.1, -0.05) is 0 Å². The summed E-state index contributed by atoms with van der Waals surface area (Å²) in [7, 11) is 0. The van der Waals surface area contributed by atoms with Crippen LogP contribution in [0.1, 0.15) is 17.3 Å². The summed E-state index contributed by atoms with van der Waals surface area (Å²) in [6.07, 6.45) is 0. The molecule has 0 spiro atoms. The zero-order valence-corrected chi connectivity index (χ0v) is 14.4. The number of nitrogens with one attached hydrogen (secondary N) is 1. The average molecular weight is 581 g/mol. The predicted molar refractivity (Wildman–Crippen MR) is 93.0 cm³/mol. The van der Waals surface area contributed by atoms with Crippen molar-refractivity contribution in [3.8, 4) is 0 Å². The molecule has 0 saturated heterocycles. The molecule has 0 saturated carbocycles. The first-order chi connectivity index (χ1) is 7.34. The SMILES string of the molecule is CC(=O)Nc1c(I)cc(I)c(C(=O)O)c1I.[NaH]. The molecule has 1 rings (SSSR count). The van der Waals surface area contributed by atoms with E-state index >= 15 is 0 Å². The molecule has 88 valence electrons. The molecule has 0 fully saturated rings. The van der Waals surface area contributed by atoms with Crippen LogP contribution in [0.5, 0.6) is 0 Å². The van der Waals surface area contributed by atoms with Crippen molar-refractivity contribution in [1.82, 2.24) is 0 Å². The van der Waals surface area contributed by atoms with Gasteiger partial charge in [-0.25, -0.2) is 4.79 Å². The summed E-state index contributed by atoms with van der Waals surface area (Å²) < 4.78 is 2.04.